The number of hydrogen-bond acceptors (Lipinski definition) is 4. The lowest BCUT2D eigenvalue weighted by molar-refractivity contribution is -0.126. The highest BCUT2D eigenvalue weighted by Gasteiger charge is 2.36. The van der Waals surface area contributed by atoms with Gasteiger partial charge in [0.25, 0.3) is 5.91 Å². The first kappa shape index (κ1) is 17.8. The highest BCUT2D eigenvalue weighted by molar-refractivity contribution is 6.02. The van der Waals surface area contributed by atoms with Gasteiger partial charge in [-0.1, -0.05) is 24.3 Å². The number of carbonyl (C=O) groups excluding carboxylic acids is 2. The van der Waals surface area contributed by atoms with Crippen molar-refractivity contribution >= 4 is 23.3 Å². The van der Waals surface area contributed by atoms with Gasteiger partial charge in [0, 0.05) is 39.6 Å². The molecule has 0 spiro atoms. The van der Waals surface area contributed by atoms with Gasteiger partial charge < -0.3 is 15.1 Å². The highest BCUT2D eigenvalue weighted by Crippen LogP contribution is 2.32. The number of nitrogens with zero attached hydrogens (tertiary/aromatic N) is 3. The summed E-state index contributed by atoms with van der Waals surface area (Å²) in [6.45, 7) is 0.0426. The molecule has 1 saturated heterocycles. The van der Waals surface area contributed by atoms with Crippen molar-refractivity contribution in [2.45, 2.75) is 6.04 Å². The Morgan fingerprint density at radius 2 is 1.23 bits per heavy atom. The normalized spacial score (nSPS) is 14.0. The maximum atomic E-state index is 12.3. The van der Waals surface area contributed by atoms with Gasteiger partial charge in [0.15, 0.2) is 0 Å². The van der Waals surface area contributed by atoms with Crippen LogP contribution in [0.1, 0.15) is 17.2 Å². The van der Waals surface area contributed by atoms with Crippen molar-refractivity contribution in [1.29, 1.82) is 0 Å². The molecule has 0 aliphatic carbocycles. The monoisotopic (exact) mass is 352 g/mol. The summed E-state index contributed by atoms with van der Waals surface area (Å²) < 4.78 is 0. The molecule has 1 heterocycles. The molecule has 0 aromatic heterocycles. The Balaban J connectivity index is 2.04. The molecule has 6 heteroatoms. The van der Waals surface area contributed by atoms with Crippen LogP contribution in [0.5, 0.6) is 0 Å². The number of carbonyl (C=O) groups is 2. The van der Waals surface area contributed by atoms with E-state index in [1.165, 1.54) is 4.90 Å². The smallest absolute Gasteiger partial charge is 0.325 e. The van der Waals surface area contributed by atoms with Gasteiger partial charge in [0.1, 0.15) is 0 Å². The number of hydrogen-bond donors (Lipinski definition) is 1. The second-order valence-corrected chi connectivity index (χ2v) is 6.80. The molecule has 0 radical (unpaired) electrons. The SMILES string of the molecule is CN(C)c1ccc(C(c2ccc(N(C)C)cc2)N2C(=O)CNC2=O)cc1. The molecule has 26 heavy (non-hydrogen) atoms. The summed E-state index contributed by atoms with van der Waals surface area (Å²) in [4.78, 5) is 30.0. The van der Waals surface area contributed by atoms with E-state index in [1.54, 1.807) is 0 Å². The van der Waals surface area contributed by atoms with Crippen molar-refractivity contribution in [1.82, 2.24) is 10.2 Å². The molecule has 1 aliphatic rings. The van der Waals surface area contributed by atoms with Crippen LogP contribution in [0, 0.1) is 0 Å². The molecule has 0 saturated carbocycles. The molecule has 6 nitrogen and oxygen atoms in total. The van der Waals surface area contributed by atoms with E-state index in [0.29, 0.717) is 0 Å². The second kappa shape index (κ2) is 7.07. The topological polar surface area (TPSA) is 55.9 Å². The number of rotatable bonds is 5. The number of benzene rings is 2. The zero-order valence-corrected chi connectivity index (χ0v) is 15.6. The van der Waals surface area contributed by atoms with Gasteiger partial charge in [-0.05, 0) is 35.4 Å². The fourth-order valence-electron chi connectivity index (χ4n) is 3.10. The molecule has 0 unspecified atom stereocenters. The predicted octanol–water partition coefficient (Wildman–Crippen LogP) is 2.46. The third kappa shape index (κ3) is 3.35. The predicted molar refractivity (Wildman–Crippen MR) is 104 cm³/mol. The van der Waals surface area contributed by atoms with E-state index in [-0.39, 0.29) is 18.5 Å². The summed E-state index contributed by atoms with van der Waals surface area (Å²) in [6.07, 6.45) is 0. The summed E-state index contributed by atoms with van der Waals surface area (Å²) in [5.41, 5.74) is 3.93. The van der Waals surface area contributed by atoms with Gasteiger partial charge in [-0.2, -0.15) is 0 Å². The lowest BCUT2D eigenvalue weighted by atomic mass is 9.96. The average molecular weight is 352 g/mol. The summed E-state index contributed by atoms with van der Waals surface area (Å²) in [6, 6.07) is 15.1. The van der Waals surface area contributed by atoms with Gasteiger partial charge in [-0.25, -0.2) is 4.79 Å². The highest BCUT2D eigenvalue weighted by atomic mass is 16.2. The molecule has 2 aromatic carbocycles. The van der Waals surface area contributed by atoms with Crippen LogP contribution in [-0.4, -0.2) is 51.6 Å². The fraction of sp³-hybridized carbons (Fsp3) is 0.300. The minimum Gasteiger partial charge on any atom is -0.378 e. The van der Waals surface area contributed by atoms with E-state index in [1.807, 2.05) is 86.5 Å². The van der Waals surface area contributed by atoms with Crippen molar-refractivity contribution in [2.24, 2.45) is 0 Å². The average Bonchev–Trinajstić information content (AvgIpc) is 2.95. The zero-order chi connectivity index (χ0) is 18.8. The molecule has 1 N–H and O–H groups in total. The van der Waals surface area contributed by atoms with Crippen molar-refractivity contribution in [3.63, 3.8) is 0 Å². The Hall–Kier alpha value is -3.02. The summed E-state index contributed by atoms with van der Waals surface area (Å²) in [7, 11) is 7.90. The molecular weight excluding hydrogens is 328 g/mol. The number of urea groups is 1. The minimum atomic E-state index is -0.447. The van der Waals surface area contributed by atoms with Gasteiger partial charge in [-0.15, -0.1) is 0 Å². The number of amides is 3. The van der Waals surface area contributed by atoms with Crippen LogP contribution in [0.2, 0.25) is 0 Å². The van der Waals surface area contributed by atoms with Crippen LogP contribution < -0.4 is 15.1 Å². The third-order valence-electron chi connectivity index (χ3n) is 4.59. The fourth-order valence-corrected chi connectivity index (χ4v) is 3.10. The first-order chi connectivity index (χ1) is 12.4. The summed E-state index contributed by atoms with van der Waals surface area (Å²) in [5.74, 6) is -0.214. The molecule has 3 amide bonds. The van der Waals surface area contributed by atoms with Gasteiger partial charge in [-0.3, -0.25) is 9.69 Å². The zero-order valence-electron chi connectivity index (χ0n) is 15.6. The standard InChI is InChI=1S/C20H24N4O2/c1-22(2)16-9-5-14(6-10-16)19(24-18(25)13-21-20(24)26)15-7-11-17(12-8-15)23(3)4/h5-12,19H,13H2,1-4H3,(H,21,26). The Kier molecular flexibility index (Phi) is 4.84. The van der Waals surface area contributed by atoms with Crippen molar-refractivity contribution < 1.29 is 9.59 Å². The molecular formula is C20H24N4O2. The maximum absolute atomic E-state index is 12.3. The minimum absolute atomic E-state index is 0.0426. The maximum Gasteiger partial charge on any atom is 0.325 e. The molecule has 0 bridgehead atoms. The second-order valence-electron chi connectivity index (χ2n) is 6.80. The van der Waals surface area contributed by atoms with Gasteiger partial charge in [0.2, 0.25) is 0 Å². The van der Waals surface area contributed by atoms with Crippen LogP contribution in [0.3, 0.4) is 0 Å². The molecule has 3 rings (SSSR count). The molecule has 1 fully saturated rings. The van der Waals surface area contributed by atoms with E-state index < -0.39 is 6.04 Å². The van der Waals surface area contributed by atoms with Crippen molar-refractivity contribution in [3.8, 4) is 0 Å². The Morgan fingerprint density at radius 1 is 0.808 bits per heavy atom. The van der Waals surface area contributed by atoms with E-state index in [4.69, 9.17) is 0 Å². The van der Waals surface area contributed by atoms with Crippen molar-refractivity contribution in [2.75, 3.05) is 44.5 Å². The lowest BCUT2D eigenvalue weighted by Crippen LogP contribution is -2.35. The first-order valence-electron chi connectivity index (χ1n) is 8.53. The van der Waals surface area contributed by atoms with Crippen LogP contribution in [0.4, 0.5) is 16.2 Å². The van der Waals surface area contributed by atoms with Crippen LogP contribution >= 0.6 is 0 Å². The van der Waals surface area contributed by atoms with Crippen molar-refractivity contribution in [3.05, 3.63) is 59.7 Å². The lowest BCUT2D eigenvalue weighted by Gasteiger charge is -2.27. The molecule has 0 atom stereocenters. The number of imide groups is 1. The van der Waals surface area contributed by atoms with Gasteiger partial charge in [0.05, 0.1) is 12.6 Å². The van der Waals surface area contributed by atoms with E-state index in [2.05, 4.69) is 5.32 Å². The third-order valence-corrected chi connectivity index (χ3v) is 4.59. The molecule has 2 aromatic rings. The quantitative estimate of drug-likeness (QED) is 0.840. The Bertz CT molecular complexity index is 730. The Labute approximate surface area is 154 Å². The summed E-state index contributed by atoms with van der Waals surface area (Å²) >= 11 is 0. The van der Waals surface area contributed by atoms with Crippen LogP contribution in [0.15, 0.2) is 48.5 Å². The van der Waals surface area contributed by atoms with E-state index in [9.17, 15) is 9.59 Å². The van der Waals surface area contributed by atoms with E-state index in [0.717, 1.165) is 22.5 Å². The largest absolute Gasteiger partial charge is 0.378 e. The molecule has 1 aliphatic heterocycles. The first-order valence-corrected chi connectivity index (χ1v) is 8.53. The summed E-state index contributed by atoms with van der Waals surface area (Å²) in [5, 5.41) is 2.62. The van der Waals surface area contributed by atoms with Gasteiger partial charge >= 0.3 is 6.03 Å². The number of nitrogens with one attached hydrogen (secondary N) is 1. The van der Waals surface area contributed by atoms with Crippen LogP contribution in [-0.2, 0) is 4.79 Å². The van der Waals surface area contributed by atoms with Crippen LogP contribution in [0.25, 0.3) is 0 Å². The number of anilines is 2. The van der Waals surface area contributed by atoms with E-state index >= 15 is 0 Å². The Morgan fingerprint density at radius 3 is 1.54 bits per heavy atom. The molecule has 136 valence electrons.